The van der Waals surface area contributed by atoms with Crippen molar-refractivity contribution in [2.75, 3.05) is 5.73 Å². The molecule has 0 aliphatic carbocycles. The molecular weight excluding hydrogens is 283 g/mol. The van der Waals surface area contributed by atoms with Crippen molar-refractivity contribution >= 4 is 34.8 Å². The average molecular weight is 301 g/mol. The third kappa shape index (κ3) is 2.82. The number of hydrogen-bond donors (Lipinski definition) is 1. The number of nitrogens with two attached hydrogens (primary N) is 1. The van der Waals surface area contributed by atoms with Crippen LogP contribution in [0, 0.1) is 0 Å². The summed E-state index contributed by atoms with van der Waals surface area (Å²) in [5, 5.41) is 0.654. The first kappa shape index (κ1) is 14.5. The van der Waals surface area contributed by atoms with Gasteiger partial charge in [-0.3, -0.25) is 4.79 Å². The Bertz CT molecular complexity index is 471. The van der Waals surface area contributed by atoms with Gasteiger partial charge in [0.2, 0.25) is 0 Å². The fourth-order valence-corrected chi connectivity index (χ4v) is 3.17. The van der Waals surface area contributed by atoms with Crippen molar-refractivity contribution in [3.8, 4) is 0 Å². The van der Waals surface area contributed by atoms with E-state index in [1.165, 1.54) is 0 Å². The summed E-state index contributed by atoms with van der Waals surface area (Å²) < 4.78 is 0. The van der Waals surface area contributed by atoms with Crippen LogP contribution < -0.4 is 5.73 Å². The van der Waals surface area contributed by atoms with Gasteiger partial charge in [-0.15, -0.1) is 0 Å². The van der Waals surface area contributed by atoms with Gasteiger partial charge in [-0.2, -0.15) is 0 Å². The zero-order chi connectivity index (χ0) is 14.2. The molecule has 1 fully saturated rings. The number of rotatable bonds is 1. The fraction of sp³-hybridized carbons (Fsp3) is 0.500. The van der Waals surface area contributed by atoms with Crippen LogP contribution in [-0.4, -0.2) is 22.9 Å². The summed E-state index contributed by atoms with van der Waals surface area (Å²) in [6.07, 6.45) is 3.23. The van der Waals surface area contributed by atoms with Crippen LogP contribution in [0.15, 0.2) is 12.1 Å². The largest absolute Gasteiger partial charge is 0.396 e. The third-order valence-corrected chi connectivity index (χ3v) is 4.38. The number of piperidine rings is 1. The number of anilines is 1. The molecule has 0 aromatic heterocycles. The summed E-state index contributed by atoms with van der Waals surface area (Å²) in [6, 6.07) is 3.68. The summed E-state index contributed by atoms with van der Waals surface area (Å²) >= 11 is 12.0. The van der Waals surface area contributed by atoms with Gasteiger partial charge in [0, 0.05) is 17.6 Å². The van der Waals surface area contributed by atoms with Crippen molar-refractivity contribution in [2.45, 2.75) is 45.2 Å². The number of carbonyl (C=O) groups is 1. The molecule has 2 N–H and O–H groups in total. The Balaban J connectivity index is 2.33. The number of likely N-dealkylation sites (tertiary alicyclic amines) is 1. The van der Waals surface area contributed by atoms with Crippen molar-refractivity contribution in [3.05, 3.63) is 27.7 Å². The Hall–Kier alpha value is -0.930. The van der Waals surface area contributed by atoms with Gasteiger partial charge in [0.25, 0.3) is 5.91 Å². The van der Waals surface area contributed by atoms with Crippen molar-refractivity contribution < 1.29 is 4.79 Å². The molecule has 1 aliphatic heterocycles. The molecule has 0 bridgehead atoms. The maximum absolute atomic E-state index is 12.6. The van der Waals surface area contributed by atoms with Crippen LogP contribution in [0.2, 0.25) is 10.0 Å². The van der Waals surface area contributed by atoms with Crippen LogP contribution in [0.5, 0.6) is 0 Å². The van der Waals surface area contributed by atoms with E-state index in [4.69, 9.17) is 28.9 Å². The van der Waals surface area contributed by atoms with Gasteiger partial charge >= 0.3 is 0 Å². The molecule has 1 saturated heterocycles. The standard InChI is InChI=1S/C14H18Cl2N2O/c1-8-4-3-5-9(2)18(8)14(19)10-6-11(15)13(17)12(16)7-10/h6-9H,3-5,17H2,1-2H3. The number of nitrogen functional groups attached to an aromatic ring is 1. The predicted molar refractivity (Wildman–Crippen MR) is 79.8 cm³/mol. The molecule has 1 heterocycles. The molecule has 19 heavy (non-hydrogen) atoms. The van der Waals surface area contributed by atoms with E-state index < -0.39 is 0 Å². The van der Waals surface area contributed by atoms with Crippen molar-refractivity contribution in [2.24, 2.45) is 0 Å². The van der Waals surface area contributed by atoms with Crippen molar-refractivity contribution in [1.29, 1.82) is 0 Å². The molecule has 1 aliphatic rings. The van der Waals surface area contributed by atoms with Crippen LogP contribution in [-0.2, 0) is 0 Å². The Kier molecular flexibility index (Phi) is 4.26. The molecule has 2 unspecified atom stereocenters. The zero-order valence-electron chi connectivity index (χ0n) is 11.1. The van der Waals surface area contributed by atoms with Gasteiger partial charge in [0.05, 0.1) is 15.7 Å². The Morgan fingerprint density at radius 2 is 1.68 bits per heavy atom. The maximum atomic E-state index is 12.6. The lowest BCUT2D eigenvalue weighted by atomic mass is 9.96. The molecule has 0 radical (unpaired) electrons. The summed E-state index contributed by atoms with van der Waals surface area (Å²) in [5.74, 6) is -0.0245. The van der Waals surface area contributed by atoms with E-state index in [-0.39, 0.29) is 18.0 Å². The lowest BCUT2D eigenvalue weighted by molar-refractivity contribution is 0.0511. The second-order valence-electron chi connectivity index (χ2n) is 5.19. The summed E-state index contributed by atoms with van der Waals surface area (Å²) in [6.45, 7) is 4.15. The minimum atomic E-state index is -0.0245. The van der Waals surface area contributed by atoms with E-state index in [1.54, 1.807) is 12.1 Å². The third-order valence-electron chi connectivity index (χ3n) is 3.75. The first-order valence-corrected chi connectivity index (χ1v) is 7.24. The quantitative estimate of drug-likeness (QED) is 0.798. The highest BCUT2D eigenvalue weighted by Crippen LogP contribution is 2.31. The highest BCUT2D eigenvalue weighted by Gasteiger charge is 2.30. The second kappa shape index (κ2) is 5.59. The maximum Gasteiger partial charge on any atom is 0.254 e. The van der Waals surface area contributed by atoms with Gasteiger partial charge in [-0.05, 0) is 45.2 Å². The van der Waals surface area contributed by atoms with Gasteiger partial charge in [-0.1, -0.05) is 23.2 Å². The Labute approximate surface area is 123 Å². The highest BCUT2D eigenvalue weighted by atomic mass is 35.5. The monoisotopic (exact) mass is 300 g/mol. The summed E-state index contributed by atoms with van der Waals surface area (Å²) in [5.41, 5.74) is 6.52. The van der Waals surface area contributed by atoms with Gasteiger partial charge in [-0.25, -0.2) is 0 Å². The topological polar surface area (TPSA) is 46.3 Å². The van der Waals surface area contributed by atoms with Gasteiger partial charge in [0.1, 0.15) is 0 Å². The Morgan fingerprint density at radius 3 is 2.16 bits per heavy atom. The van der Waals surface area contributed by atoms with Crippen LogP contribution in [0.4, 0.5) is 5.69 Å². The van der Waals surface area contributed by atoms with Crippen LogP contribution >= 0.6 is 23.2 Å². The predicted octanol–water partition coefficient (Wildman–Crippen LogP) is 3.98. The molecule has 1 aromatic carbocycles. The molecular formula is C14H18Cl2N2O. The molecule has 1 aromatic rings. The first-order chi connectivity index (χ1) is 8.91. The van der Waals surface area contributed by atoms with E-state index in [1.807, 2.05) is 4.90 Å². The van der Waals surface area contributed by atoms with E-state index >= 15 is 0 Å². The number of hydrogen-bond acceptors (Lipinski definition) is 2. The Morgan fingerprint density at radius 1 is 1.21 bits per heavy atom. The molecule has 104 valence electrons. The molecule has 2 rings (SSSR count). The molecule has 1 amide bonds. The highest BCUT2D eigenvalue weighted by molar-refractivity contribution is 6.39. The number of amides is 1. The van der Waals surface area contributed by atoms with E-state index in [0.29, 0.717) is 21.3 Å². The van der Waals surface area contributed by atoms with Crippen LogP contribution in [0.1, 0.15) is 43.5 Å². The minimum Gasteiger partial charge on any atom is -0.396 e. The SMILES string of the molecule is CC1CCCC(C)N1C(=O)c1cc(Cl)c(N)c(Cl)c1. The zero-order valence-corrected chi connectivity index (χ0v) is 12.6. The van der Waals surface area contributed by atoms with E-state index in [9.17, 15) is 4.79 Å². The molecule has 5 heteroatoms. The molecule has 0 saturated carbocycles. The van der Waals surface area contributed by atoms with Gasteiger partial charge in [0.15, 0.2) is 0 Å². The van der Waals surface area contributed by atoms with E-state index in [2.05, 4.69) is 13.8 Å². The lowest BCUT2D eigenvalue weighted by Gasteiger charge is -2.39. The summed E-state index contributed by atoms with van der Waals surface area (Å²) in [4.78, 5) is 14.5. The van der Waals surface area contributed by atoms with E-state index in [0.717, 1.165) is 19.3 Å². The number of halogens is 2. The molecule has 2 atom stereocenters. The smallest absolute Gasteiger partial charge is 0.254 e. The van der Waals surface area contributed by atoms with Crippen molar-refractivity contribution in [3.63, 3.8) is 0 Å². The second-order valence-corrected chi connectivity index (χ2v) is 6.01. The number of benzene rings is 1. The number of nitrogens with zero attached hydrogens (tertiary/aromatic N) is 1. The number of carbonyl (C=O) groups excluding carboxylic acids is 1. The summed E-state index contributed by atoms with van der Waals surface area (Å²) in [7, 11) is 0. The average Bonchev–Trinajstić information content (AvgIpc) is 2.35. The van der Waals surface area contributed by atoms with Gasteiger partial charge < -0.3 is 10.6 Å². The lowest BCUT2D eigenvalue weighted by Crippen LogP contribution is -2.47. The first-order valence-electron chi connectivity index (χ1n) is 6.49. The fourth-order valence-electron chi connectivity index (χ4n) is 2.68. The van der Waals surface area contributed by atoms with Crippen LogP contribution in [0.25, 0.3) is 0 Å². The molecule has 0 spiro atoms. The minimum absolute atomic E-state index is 0.0245. The van der Waals surface area contributed by atoms with Crippen LogP contribution in [0.3, 0.4) is 0 Å². The molecule has 3 nitrogen and oxygen atoms in total. The van der Waals surface area contributed by atoms with Crippen molar-refractivity contribution in [1.82, 2.24) is 4.90 Å². The normalized spacial score (nSPS) is 23.5.